The maximum absolute atomic E-state index is 13.1. The van der Waals surface area contributed by atoms with E-state index in [4.69, 9.17) is 0 Å². The number of carbonyl (C=O) groups is 1. The summed E-state index contributed by atoms with van der Waals surface area (Å²) in [5, 5.41) is 9.37. The number of hydrogen-bond donors (Lipinski definition) is 3. The highest BCUT2D eigenvalue weighted by molar-refractivity contribution is 7.92. The third kappa shape index (κ3) is 5.21. The molecule has 0 spiro atoms. The summed E-state index contributed by atoms with van der Waals surface area (Å²) in [7, 11) is -3.91. The number of aromatic nitrogens is 4. The second-order valence-corrected chi connectivity index (χ2v) is 8.91. The summed E-state index contributed by atoms with van der Waals surface area (Å²) in [5.74, 6) is -0.844. The van der Waals surface area contributed by atoms with Gasteiger partial charge in [-0.25, -0.2) is 27.5 Å². The van der Waals surface area contributed by atoms with Crippen LogP contribution in [0.2, 0.25) is 0 Å². The first-order valence-corrected chi connectivity index (χ1v) is 11.3. The average molecular weight is 466 g/mol. The minimum atomic E-state index is -3.91. The molecule has 0 aliphatic heterocycles. The number of nitrogens with zero attached hydrogens (tertiary/aromatic N) is 3. The van der Waals surface area contributed by atoms with Crippen molar-refractivity contribution in [1.82, 2.24) is 20.2 Å². The SMILES string of the molecule is Cc1cc(C)nc(NS(=O)(=O)c2ccc(NC(=O)c3cc(-c4ccc(F)cc4)n[nH]3)cc2)n1. The van der Waals surface area contributed by atoms with Crippen LogP contribution in [0.3, 0.4) is 0 Å². The Morgan fingerprint density at radius 3 is 2.21 bits per heavy atom. The topological polar surface area (TPSA) is 130 Å². The number of carbonyl (C=O) groups excluding carboxylic acids is 1. The Hall–Kier alpha value is -4.12. The van der Waals surface area contributed by atoms with Gasteiger partial charge in [-0.3, -0.25) is 9.89 Å². The minimum Gasteiger partial charge on any atom is -0.321 e. The Morgan fingerprint density at radius 1 is 0.939 bits per heavy atom. The van der Waals surface area contributed by atoms with Crippen molar-refractivity contribution in [3.63, 3.8) is 0 Å². The van der Waals surface area contributed by atoms with Crippen molar-refractivity contribution in [2.24, 2.45) is 0 Å². The van der Waals surface area contributed by atoms with Gasteiger partial charge in [-0.05, 0) is 74.5 Å². The van der Waals surface area contributed by atoms with Gasteiger partial charge in [-0.15, -0.1) is 0 Å². The van der Waals surface area contributed by atoms with Crippen molar-refractivity contribution in [2.45, 2.75) is 18.7 Å². The zero-order valence-electron chi connectivity index (χ0n) is 17.6. The van der Waals surface area contributed by atoms with Crippen molar-refractivity contribution in [1.29, 1.82) is 0 Å². The van der Waals surface area contributed by atoms with E-state index in [0.29, 0.717) is 28.3 Å². The van der Waals surface area contributed by atoms with Crippen LogP contribution in [0.4, 0.5) is 16.0 Å². The molecule has 9 nitrogen and oxygen atoms in total. The lowest BCUT2D eigenvalue weighted by molar-refractivity contribution is 0.102. The average Bonchev–Trinajstić information content (AvgIpc) is 3.24. The standard InChI is InChI=1S/C22H19FN6O3S/c1-13-11-14(2)25-22(24-13)29-33(31,32)18-9-7-17(8-10-18)26-21(30)20-12-19(27-28-20)15-3-5-16(23)6-4-15/h3-12H,1-2H3,(H,26,30)(H,27,28)(H,24,25,29). The van der Waals surface area contributed by atoms with Gasteiger partial charge in [0, 0.05) is 22.6 Å². The molecule has 0 saturated carbocycles. The van der Waals surface area contributed by atoms with Gasteiger partial charge in [-0.2, -0.15) is 5.10 Å². The zero-order valence-corrected chi connectivity index (χ0v) is 18.4. The summed E-state index contributed by atoms with van der Waals surface area (Å²) in [6.07, 6.45) is 0. The first-order chi connectivity index (χ1) is 15.7. The number of benzene rings is 2. The summed E-state index contributed by atoms with van der Waals surface area (Å²) < 4.78 is 40.7. The summed E-state index contributed by atoms with van der Waals surface area (Å²) in [5.41, 5.74) is 3.00. The fourth-order valence-corrected chi connectivity index (χ4v) is 4.02. The Bertz CT molecular complexity index is 1400. The van der Waals surface area contributed by atoms with Crippen molar-refractivity contribution in [2.75, 3.05) is 10.0 Å². The molecule has 0 atom stereocenters. The number of anilines is 2. The summed E-state index contributed by atoms with van der Waals surface area (Å²) >= 11 is 0. The van der Waals surface area contributed by atoms with Gasteiger partial charge in [0.1, 0.15) is 11.5 Å². The van der Waals surface area contributed by atoms with Crippen LogP contribution in [0.15, 0.2) is 65.6 Å². The van der Waals surface area contributed by atoms with E-state index in [9.17, 15) is 17.6 Å². The third-order valence-electron chi connectivity index (χ3n) is 4.59. The highest BCUT2D eigenvalue weighted by Crippen LogP contribution is 2.20. The molecule has 0 aliphatic rings. The van der Waals surface area contributed by atoms with Gasteiger partial charge in [0.25, 0.3) is 15.9 Å². The molecule has 11 heteroatoms. The molecule has 1 amide bonds. The van der Waals surface area contributed by atoms with E-state index in [1.165, 1.54) is 42.5 Å². The van der Waals surface area contributed by atoms with Crippen molar-refractivity contribution < 1.29 is 17.6 Å². The van der Waals surface area contributed by atoms with E-state index in [2.05, 4.69) is 30.2 Å². The van der Waals surface area contributed by atoms with E-state index in [1.54, 1.807) is 32.0 Å². The lowest BCUT2D eigenvalue weighted by atomic mass is 10.1. The predicted molar refractivity (Wildman–Crippen MR) is 121 cm³/mol. The number of rotatable bonds is 6. The lowest BCUT2D eigenvalue weighted by Crippen LogP contribution is -2.16. The third-order valence-corrected chi connectivity index (χ3v) is 5.94. The quantitative estimate of drug-likeness (QED) is 0.398. The Morgan fingerprint density at radius 2 is 1.58 bits per heavy atom. The number of nitrogens with one attached hydrogen (secondary N) is 3. The molecule has 0 fully saturated rings. The number of aromatic amines is 1. The molecule has 168 valence electrons. The van der Waals surface area contributed by atoms with Crippen LogP contribution >= 0.6 is 0 Å². The van der Waals surface area contributed by atoms with Crippen molar-refractivity contribution in [3.05, 3.63) is 83.6 Å². The van der Waals surface area contributed by atoms with E-state index < -0.39 is 15.9 Å². The number of H-pyrrole nitrogens is 1. The van der Waals surface area contributed by atoms with Crippen LogP contribution < -0.4 is 10.0 Å². The highest BCUT2D eigenvalue weighted by Gasteiger charge is 2.17. The molecule has 4 aromatic rings. The molecule has 2 heterocycles. The Labute approximate surface area is 189 Å². The van der Waals surface area contributed by atoms with Crippen LogP contribution in [0.25, 0.3) is 11.3 Å². The number of aryl methyl sites for hydroxylation is 2. The number of sulfonamides is 1. The first kappa shape index (κ1) is 22.1. The molecule has 0 aliphatic carbocycles. The number of hydrogen-bond acceptors (Lipinski definition) is 6. The monoisotopic (exact) mass is 466 g/mol. The molecular weight excluding hydrogens is 447 g/mol. The molecular formula is C22H19FN6O3S. The first-order valence-electron chi connectivity index (χ1n) is 9.77. The van der Waals surface area contributed by atoms with E-state index in [1.807, 2.05) is 0 Å². The second-order valence-electron chi connectivity index (χ2n) is 7.23. The Balaban J connectivity index is 1.45. The minimum absolute atomic E-state index is 0.0107. The predicted octanol–water partition coefficient (Wildman–Crippen LogP) is 3.68. The maximum atomic E-state index is 13.1. The maximum Gasteiger partial charge on any atom is 0.273 e. The van der Waals surface area contributed by atoms with Crippen LogP contribution in [-0.2, 0) is 10.0 Å². The van der Waals surface area contributed by atoms with Crippen LogP contribution in [0.5, 0.6) is 0 Å². The summed E-state index contributed by atoms with van der Waals surface area (Å²) in [6.45, 7) is 3.48. The summed E-state index contributed by atoms with van der Waals surface area (Å²) in [6, 6.07) is 14.6. The molecule has 0 unspecified atom stereocenters. The fourth-order valence-electron chi connectivity index (χ4n) is 3.07. The second kappa shape index (κ2) is 8.79. The van der Waals surface area contributed by atoms with Gasteiger partial charge in [0.15, 0.2) is 0 Å². The van der Waals surface area contributed by atoms with Gasteiger partial charge < -0.3 is 5.32 Å². The van der Waals surface area contributed by atoms with Crippen LogP contribution in [-0.4, -0.2) is 34.5 Å². The van der Waals surface area contributed by atoms with Crippen LogP contribution in [0, 0.1) is 19.7 Å². The molecule has 4 rings (SSSR count). The van der Waals surface area contributed by atoms with Crippen LogP contribution in [0.1, 0.15) is 21.9 Å². The zero-order chi connectivity index (χ0) is 23.6. The van der Waals surface area contributed by atoms with Gasteiger partial charge in [-0.1, -0.05) is 0 Å². The molecule has 0 saturated heterocycles. The molecule has 0 radical (unpaired) electrons. The van der Waals surface area contributed by atoms with E-state index in [0.717, 1.165) is 0 Å². The number of amides is 1. The Kier molecular flexibility index (Phi) is 5.88. The molecule has 2 aromatic carbocycles. The molecule has 0 bridgehead atoms. The van der Waals surface area contributed by atoms with Crippen molar-refractivity contribution in [3.8, 4) is 11.3 Å². The van der Waals surface area contributed by atoms with Gasteiger partial charge in [0.05, 0.1) is 10.6 Å². The fraction of sp³-hybridized carbons (Fsp3) is 0.0909. The van der Waals surface area contributed by atoms with Gasteiger partial charge in [0.2, 0.25) is 5.95 Å². The molecule has 3 N–H and O–H groups in total. The number of halogens is 1. The van der Waals surface area contributed by atoms with E-state index >= 15 is 0 Å². The lowest BCUT2D eigenvalue weighted by Gasteiger charge is -2.09. The van der Waals surface area contributed by atoms with E-state index in [-0.39, 0.29) is 22.4 Å². The normalized spacial score (nSPS) is 11.2. The smallest absolute Gasteiger partial charge is 0.273 e. The summed E-state index contributed by atoms with van der Waals surface area (Å²) in [4.78, 5) is 20.7. The van der Waals surface area contributed by atoms with Gasteiger partial charge >= 0.3 is 0 Å². The van der Waals surface area contributed by atoms with Crippen molar-refractivity contribution >= 4 is 27.6 Å². The largest absolute Gasteiger partial charge is 0.321 e. The molecule has 33 heavy (non-hydrogen) atoms. The highest BCUT2D eigenvalue weighted by atomic mass is 32.2. The molecule has 2 aromatic heterocycles.